The summed E-state index contributed by atoms with van der Waals surface area (Å²) in [5.41, 5.74) is 16.5. The highest BCUT2D eigenvalue weighted by atomic mass is 32.2. The Hall–Kier alpha value is -2.19. The molecular formula is C21H39N7O5S2. The van der Waals surface area contributed by atoms with E-state index in [0.717, 1.165) is 0 Å². The highest BCUT2D eigenvalue weighted by Crippen LogP contribution is 2.20. The van der Waals surface area contributed by atoms with Gasteiger partial charge in [0.25, 0.3) is 0 Å². The molecule has 0 spiro atoms. The standard InChI is InChI=1S/C21H39N7O5S2/c1-34-11-7-14(26-17(29)13(22)5-3-9-25-21(23)24)18(30)27-15(8-12-35-2)19(31)28-10-4-6-16(28)20(32)33/h13-16H,3-12,22H2,1-2H3,(H,26,29)(H,27,30)(H,32,33)(H4,23,24,25). The minimum Gasteiger partial charge on any atom is -0.480 e. The number of rotatable bonds is 16. The molecule has 1 heterocycles. The second-order valence-corrected chi connectivity index (χ2v) is 10.2. The van der Waals surface area contributed by atoms with E-state index in [-0.39, 0.29) is 5.96 Å². The van der Waals surface area contributed by atoms with Gasteiger partial charge in [-0.15, -0.1) is 0 Å². The molecule has 35 heavy (non-hydrogen) atoms. The number of aliphatic imine (C=N–C) groups is 1. The number of nitrogens with zero attached hydrogens (tertiary/aromatic N) is 2. The number of carbonyl (C=O) groups excluding carboxylic acids is 3. The molecule has 0 aliphatic carbocycles. The van der Waals surface area contributed by atoms with Crippen molar-refractivity contribution in [2.75, 3.05) is 37.1 Å². The lowest BCUT2D eigenvalue weighted by Gasteiger charge is -2.29. The smallest absolute Gasteiger partial charge is 0.326 e. The van der Waals surface area contributed by atoms with Gasteiger partial charge in [-0.2, -0.15) is 23.5 Å². The van der Waals surface area contributed by atoms with Crippen molar-refractivity contribution >= 4 is 53.2 Å². The van der Waals surface area contributed by atoms with Gasteiger partial charge in [0.1, 0.15) is 18.1 Å². The van der Waals surface area contributed by atoms with Gasteiger partial charge in [0.2, 0.25) is 17.7 Å². The number of thioether (sulfide) groups is 2. The van der Waals surface area contributed by atoms with E-state index in [1.807, 2.05) is 12.5 Å². The summed E-state index contributed by atoms with van der Waals surface area (Å²) in [4.78, 5) is 55.6. The largest absolute Gasteiger partial charge is 0.480 e. The monoisotopic (exact) mass is 533 g/mol. The van der Waals surface area contributed by atoms with Gasteiger partial charge in [-0.25, -0.2) is 4.79 Å². The molecule has 0 aromatic rings. The summed E-state index contributed by atoms with van der Waals surface area (Å²) >= 11 is 3.04. The SMILES string of the molecule is CSCCC(NC(=O)C(N)CCCN=C(N)N)C(=O)NC(CCSC)C(=O)N1CCCC1C(=O)O. The van der Waals surface area contributed by atoms with E-state index in [1.54, 1.807) is 0 Å². The third-order valence-electron chi connectivity index (χ3n) is 5.59. The predicted octanol–water partition coefficient (Wildman–Crippen LogP) is -1.08. The first-order valence-electron chi connectivity index (χ1n) is 11.5. The fourth-order valence-electron chi connectivity index (χ4n) is 3.69. The molecule has 0 saturated carbocycles. The van der Waals surface area contributed by atoms with Crippen LogP contribution in [0.3, 0.4) is 0 Å². The number of carboxylic acids is 1. The maximum Gasteiger partial charge on any atom is 0.326 e. The Bertz CT molecular complexity index is 752. The molecule has 0 aromatic carbocycles. The van der Waals surface area contributed by atoms with Crippen molar-refractivity contribution in [1.29, 1.82) is 0 Å². The average Bonchev–Trinajstić information content (AvgIpc) is 3.31. The van der Waals surface area contributed by atoms with Crippen LogP contribution in [0.1, 0.15) is 38.5 Å². The van der Waals surface area contributed by atoms with Crippen molar-refractivity contribution < 1.29 is 24.3 Å². The van der Waals surface area contributed by atoms with Crippen LogP contribution in [0, 0.1) is 0 Å². The summed E-state index contributed by atoms with van der Waals surface area (Å²) < 4.78 is 0. The zero-order valence-corrected chi connectivity index (χ0v) is 22.0. The van der Waals surface area contributed by atoms with Crippen LogP contribution in [0.4, 0.5) is 0 Å². The number of guanidine groups is 1. The molecule has 1 saturated heterocycles. The first kappa shape index (κ1) is 30.8. The van der Waals surface area contributed by atoms with Gasteiger partial charge in [0.05, 0.1) is 6.04 Å². The molecule has 3 amide bonds. The molecule has 1 aliphatic rings. The average molecular weight is 534 g/mol. The van der Waals surface area contributed by atoms with Crippen molar-refractivity contribution in [3.05, 3.63) is 0 Å². The van der Waals surface area contributed by atoms with Gasteiger partial charge >= 0.3 is 5.97 Å². The summed E-state index contributed by atoms with van der Waals surface area (Å²) in [6.07, 6.45) is 6.29. The summed E-state index contributed by atoms with van der Waals surface area (Å²) in [6, 6.07) is -3.49. The summed E-state index contributed by atoms with van der Waals surface area (Å²) in [5.74, 6) is -1.27. The van der Waals surface area contributed by atoms with Crippen LogP contribution in [0.15, 0.2) is 4.99 Å². The highest BCUT2D eigenvalue weighted by molar-refractivity contribution is 7.98. The van der Waals surface area contributed by atoms with Crippen molar-refractivity contribution in [1.82, 2.24) is 15.5 Å². The number of carboxylic acid groups (broad SMARTS) is 1. The Labute approximate surface area is 214 Å². The van der Waals surface area contributed by atoms with E-state index >= 15 is 0 Å². The number of nitrogens with two attached hydrogens (primary N) is 3. The third-order valence-corrected chi connectivity index (χ3v) is 6.88. The predicted molar refractivity (Wildman–Crippen MR) is 140 cm³/mol. The van der Waals surface area contributed by atoms with E-state index < -0.39 is 47.9 Å². The van der Waals surface area contributed by atoms with Crippen LogP contribution in [-0.2, 0) is 19.2 Å². The van der Waals surface area contributed by atoms with E-state index in [4.69, 9.17) is 17.2 Å². The third kappa shape index (κ3) is 10.9. The van der Waals surface area contributed by atoms with E-state index in [0.29, 0.717) is 63.1 Å². The molecular weight excluding hydrogens is 494 g/mol. The molecule has 1 rings (SSSR count). The molecule has 12 nitrogen and oxygen atoms in total. The number of nitrogens with one attached hydrogen (secondary N) is 2. The minimum absolute atomic E-state index is 0.0361. The maximum absolute atomic E-state index is 13.2. The second-order valence-electron chi connectivity index (χ2n) is 8.27. The van der Waals surface area contributed by atoms with Gasteiger partial charge in [0.15, 0.2) is 5.96 Å². The van der Waals surface area contributed by atoms with E-state index in [2.05, 4.69) is 15.6 Å². The van der Waals surface area contributed by atoms with Crippen LogP contribution in [0.2, 0.25) is 0 Å². The van der Waals surface area contributed by atoms with Crippen molar-refractivity contribution in [2.24, 2.45) is 22.2 Å². The maximum atomic E-state index is 13.2. The normalized spacial score (nSPS) is 17.8. The molecule has 14 heteroatoms. The molecule has 1 fully saturated rings. The van der Waals surface area contributed by atoms with Crippen LogP contribution >= 0.6 is 23.5 Å². The molecule has 0 aromatic heterocycles. The van der Waals surface area contributed by atoms with Crippen molar-refractivity contribution in [3.8, 4) is 0 Å². The van der Waals surface area contributed by atoms with Crippen molar-refractivity contribution in [3.63, 3.8) is 0 Å². The number of aliphatic carboxylic acids is 1. The molecule has 0 radical (unpaired) electrons. The van der Waals surface area contributed by atoms with Gasteiger partial charge in [0, 0.05) is 13.1 Å². The zero-order chi connectivity index (χ0) is 26.4. The minimum atomic E-state index is -1.05. The Balaban J connectivity index is 2.86. The molecule has 9 N–H and O–H groups in total. The summed E-state index contributed by atoms with van der Waals surface area (Å²) in [7, 11) is 0. The quantitative estimate of drug-likeness (QED) is 0.0803. The molecule has 0 bridgehead atoms. The van der Waals surface area contributed by atoms with Crippen LogP contribution < -0.4 is 27.8 Å². The lowest BCUT2D eigenvalue weighted by molar-refractivity contribution is -0.149. The second kappa shape index (κ2) is 16.5. The Morgan fingerprint density at radius 1 is 1.03 bits per heavy atom. The van der Waals surface area contributed by atoms with E-state index in [1.165, 1.54) is 28.4 Å². The Kier molecular flexibility index (Phi) is 14.5. The lowest BCUT2D eigenvalue weighted by Crippen LogP contribution is -2.57. The number of hydrogen-bond donors (Lipinski definition) is 6. The fraction of sp³-hybridized carbons (Fsp3) is 0.762. The van der Waals surface area contributed by atoms with Crippen LogP contribution in [-0.4, -0.2) is 101 Å². The highest BCUT2D eigenvalue weighted by Gasteiger charge is 2.38. The van der Waals surface area contributed by atoms with Crippen LogP contribution in [0.25, 0.3) is 0 Å². The Morgan fingerprint density at radius 3 is 2.20 bits per heavy atom. The van der Waals surface area contributed by atoms with Gasteiger partial charge < -0.3 is 37.8 Å². The molecule has 200 valence electrons. The number of hydrogen-bond acceptors (Lipinski definition) is 8. The number of amides is 3. The zero-order valence-electron chi connectivity index (χ0n) is 20.4. The van der Waals surface area contributed by atoms with Gasteiger partial charge in [-0.05, 0) is 62.5 Å². The molecule has 4 unspecified atom stereocenters. The topological polar surface area (TPSA) is 206 Å². The van der Waals surface area contributed by atoms with Crippen molar-refractivity contribution in [2.45, 2.75) is 62.7 Å². The number of likely N-dealkylation sites (tertiary alicyclic amines) is 1. The van der Waals surface area contributed by atoms with Gasteiger partial charge in [-0.3, -0.25) is 19.4 Å². The first-order chi connectivity index (χ1) is 16.6. The molecule has 4 atom stereocenters. The van der Waals surface area contributed by atoms with Gasteiger partial charge in [-0.1, -0.05) is 0 Å². The lowest BCUT2D eigenvalue weighted by atomic mass is 10.1. The van der Waals surface area contributed by atoms with Crippen LogP contribution in [0.5, 0.6) is 0 Å². The first-order valence-corrected chi connectivity index (χ1v) is 14.3. The number of carbonyl (C=O) groups is 4. The summed E-state index contributed by atoms with van der Waals surface area (Å²) in [5, 5.41) is 14.9. The summed E-state index contributed by atoms with van der Waals surface area (Å²) in [6.45, 7) is 0.676. The Morgan fingerprint density at radius 2 is 1.63 bits per heavy atom. The fourth-order valence-corrected chi connectivity index (χ4v) is 4.63. The molecule has 1 aliphatic heterocycles. The van der Waals surface area contributed by atoms with E-state index in [9.17, 15) is 24.3 Å².